The van der Waals surface area contributed by atoms with Gasteiger partial charge < -0.3 is 11.1 Å². The van der Waals surface area contributed by atoms with Gasteiger partial charge in [0.1, 0.15) is 5.82 Å². The summed E-state index contributed by atoms with van der Waals surface area (Å²) in [4.78, 5) is 11.6. The Balaban J connectivity index is 2.16. The molecule has 1 aliphatic rings. The molecule has 80 valence electrons. The minimum atomic E-state index is -0.768. The molecule has 4 heteroatoms. The van der Waals surface area contributed by atoms with Crippen LogP contribution in [0.2, 0.25) is 0 Å². The highest BCUT2D eigenvalue weighted by molar-refractivity contribution is 6.00. The van der Waals surface area contributed by atoms with E-state index in [1.54, 1.807) is 12.1 Å². The lowest BCUT2D eigenvalue weighted by Gasteiger charge is -2.11. The first-order chi connectivity index (χ1) is 7.01. The minimum Gasteiger partial charge on any atom is -0.322 e. The fourth-order valence-electron chi connectivity index (χ4n) is 1.34. The average Bonchev–Trinajstić information content (AvgIpc) is 2.91. The van der Waals surface area contributed by atoms with E-state index in [0.29, 0.717) is 12.8 Å². The third kappa shape index (κ3) is 1.99. The molecule has 15 heavy (non-hydrogen) atoms. The standard InChI is InChI=1S/C11H13FN2O/c1-7-2-3-8(12)9(6-7)14-10(15)11(13)4-5-11/h2-3,6H,4-5,13H2,1H3,(H,14,15). The van der Waals surface area contributed by atoms with E-state index in [0.717, 1.165) is 5.56 Å². The number of carbonyl (C=O) groups is 1. The molecule has 3 N–H and O–H groups in total. The van der Waals surface area contributed by atoms with Crippen molar-refractivity contribution in [2.75, 3.05) is 5.32 Å². The highest BCUT2D eigenvalue weighted by atomic mass is 19.1. The highest BCUT2D eigenvalue weighted by Crippen LogP contribution is 2.33. The lowest BCUT2D eigenvalue weighted by molar-refractivity contribution is -0.118. The van der Waals surface area contributed by atoms with Crippen LogP contribution in [0.5, 0.6) is 0 Å². The smallest absolute Gasteiger partial charge is 0.244 e. The van der Waals surface area contributed by atoms with Crippen LogP contribution in [-0.2, 0) is 4.79 Å². The Kier molecular flexibility index (Phi) is 2.23. The molecule has 0 heterocycles. The van der Waals surface area contributed by atoms with Crippen LogP contribution in [-0.4, -0.2) is 11.4 Å². The lowest BCUT2D eigenvalue weighted by Crippen LogP contribution is -2.38. The van der Waals surface area contributed by atoms with E-state index >= 15 is 0 Å². The number of hydrogen-bond donors (Lipinski definition) is 2. The van der Waals surface area contributed by atoms with Crippen molar-refractivity contribution in [3.63, 3.8) is 0 Å². The number of anilines is 1. The van der Waals surface area contributed by atoms with Gasteiger partial charge in [-0.2, -0.15) is 0 Å². The Morgan fingerprint density at radius 3 is 2.80 bits per heavy atom. The second-order valence-electron chi connectivity index (χ2n) is 4.09. The summed E-state index contributed by atoms with van der Waals surface area (Å²) in [6, 6.07) is 4.58. The first-order valence-corrected chi connectivity index (χ1v) is 4.88. The van der Waals surface area contributed by atoms with Crippen LogP contribution < -0.4 is 11.1 Å². The van der Waals surface area contributed by atoms with E-state index in [4.69, 9.17) is 5.73 Å². The summed E-state index contributed by atoms with van der Waals surface area (Å²) in [6.45, 7) is 1.84. The van der Waals surface area contributed by atoms with E-state index in [1.165, 1.54) is 6.07 Å². The van der Waals surface area contributed by atoms with E-state index in [-0.39, 0.29) is 11.6 Å². The zero-order chi connectivity index (χ0) is 11.1. The van der Waals surface area contributed by atoms with Crippen molar-refractivity contribution >= 4 is 11.6 Å². The zero-order valence-electron chi connectivity index (χ0n) is 8.51. The number of carbonyl (C=O) groups excluding carboxylic acids is 1. The molecule has 1 saturated carbocycles. The van der Waals surface area contributed by atoms with Gasteiger partial charge in [0.25, 0.3) is 0 Å². The first kappa shape index (κ1) is 10.1. The maximum Gasteiger partial charge on any atom is 0.244 e. The van der Waals surface area contributed by atoms with Gasteiger partial charge in [0.05, 0.1) is 11.2 Å². The molecule has 0 spiro atoms. The average molecular weight is 208 g/mol. The van der Waals surface area contributed by atoms with Gasteiger partial charge in [-0.25, -0.2) is 4.39 Å². The normalized spacial score (nSPS) is 17.3. The number of rotatable bonds is 2. The maximum atomic E-state index is 13.3. The summed E-state index contributed by atoms with van der Waals surface area (Å²) in [5.41, 5.74) is 6.03. The van der Waals surface area contributed by atoms with Crippen LogP contribution in [0.4, 0.5) is 10.1 Å². The van der Waals surface area contributed by atoms with Crippen LogP contribution in [0.25, 0.3) is 0 Å². The molecule has 0 aliphatic heterocycles. The molecule has 0 bridgehead atoms. The SMILES string of the molecule is Cc1ccc(F)c(NC(=O)C2(N)CC2)c1. The van der Waals surface area contributed by atoms with E-state index in [1.807, 2.05) is 6.92 Å². The fraction of sp³-hybridized carbons (Fsp3) is 0.364. The van der Waals surface area contributed by atoms with Crippen LogP contribution >= 0.6 is 0 Å². The number of amides is 1. The number of hydrogen-bond acceptors (Lipinski definition) is 2. The predicted molar refractivity (Wildman–Crippen MR) is 55.9 cm³/mol. The fourth-order valence-corrected chi connectivity index (χ4v) is 1.34. The zero-order valence-corrected chi connectivity index (χ0v) is 8.51. The predicted octanol–water partition coefficient (Wildman–Crippen LogP) is 1.56. The number of nitrogens with one attached hydrogen (secondary N) is 1. The van der Waals surface area contributed by atoms with E-state index in [2.05, 4.69) is 5.32 Å². The van der Waals surface area contributed by atoms with Crippen LogP contribution in [0, 0.1) is 12.7 Å². The molecule has 1 aromatic carbocycles. The number of nitrogens with two attached hydrogens (primary N) is 1. The number of benzene rings is 1. The Morgan fingerprint density at radius 1 is 1.53 bits per heavy atom. The van der Waals surface area contributed by atoms with Gasteiger partial charge in [-0.3, -0.25) is 4.79 Å². The molecule has 1 aliphatic carbocycles. The third-order valence-electron chi connectivity index (χ3n) is 2.61. The highest BCUT2D eigenvalue weighted by Gasteiger charge is 2.46. The van der Waals surface area contributed by atoms with Crippen LogP contribution in [0.15, 0.2) is 18.2 Å². The molecule has 1 aromatic rings. The Bertz CT molecular complexity index is 413. The Hall–Kier alpha value is -1.42. The molecule has 0 aromatic heterocycles. The topological polar surface area (TPSA) is 55.1 Å². The number of aryl methyl sites for hydroxylation is 1. The molecule has 1 fully saturated rings. The monoisotopic (exact) mass is 208 g/mol. The molecule has 0 unspecified atom stereocenters. The van der Waals surface area contributed by atoms with Gasteiger partial charge in [0.15, 0.2) is 0 Å². The summed E-state index contributed by atoms with van der Waals surface area (Å²) in [6.07, 6.45) is 1.35. The van der Waals surface area contributed by atoms with E-state index in [9.17, 15) is 9.18 Å². The summed E-state index contributed by atoms with van der Waals surface area (Å²) in [5, 5.41) is 2.51. The van der Waals surface area contributed by atoms with Crippen molar-refractivity contribution in [3.8, 4) is 0 Å². The van der Waals surface area contributed by atoms with E-state index < -0.39 is 11.4 Å². The number of halogens is 1. The lowest BCUT2D eigenvalue weighted by atomic mass is 10.2. The minimum absolute atomic E-state index is 0.205. The summed E-state index contributed by atoms with van der Waals surface area (Å²) in [5.74, 6) is -0.731. The van der Waals surface area contributed by atoms with Crippen molar-refractivity contribution in [2.45, 2.75) is 25.3 Å². The molecular weight excluding hydrogens is 195 g/mol. The molecule has 0 atom stereocenters. The second kappa shape index (κ2) is 3.31. The van der Waals surface area contributed by atoms with Gasteiger partial charge >= 0.3 is 0 Å². The molecule has 2 rings (SSSR count). The molecule has 0 saturated heterocycles. The molecule has 0 radical (unpaired) electrons. The molecule has 3 nitrogen and oxygen atoms in total. The summed E-state index contributed by atoms with van der Waals surface area (Å²) < 4.78 is 13.3. The van der Waals surface area contributed by atoms with Crippen molar-refractivity contribution in [1.29, 1.82) is 0 Å². The molecular formula is C11H13FN2O. The quantitative estimate of drug-likeness (QED) is 0.775. The van der Waals surface area contributed by atoms with Crippen LogP contribution in [0.3, 0.4) is 0 Å². The van der Waals surface area contributed by atoms with Crippen molar-refractivity contribution in [2.24, 2.45) is 5.73 Å². The van der Waals surface area contributed by atoms with Gasteiger partial charge in [-0.15, -0.1) is 0 Å². The Morgan fingerprint density at radius 2 is 2.20 bits per heavy atom. The van der Waals surface area contributed by atoms with Crippen molar-refractivity contribution in [1.82, 2.24) is 0 Å². The largest absolute Gasteiger partial charge is 0.322 e. The molecule has 1 amide bonds. The van der Waals surface area contributed by atoms with Gasteiger partial charge in [0, 0.05) is 0 Å². The van der Waals surface area contributed by atoms with Crippen molar-refractivity contribution in [3.05, 3.63) is 29.6 Å². The summed E-state index contributed by atoms with van der Waals surface area (Å²) >= 11 is 0. The first-order valence-electron chi connectivity index (χ1n) is 4.88. The second-order valence-corrected chi connectivity index (χ2v) is 4.09. The maximum absolute atomic E-state index is 13.3. The van der Waals surface area contributed by atoms with Gasteiger partial charge in [-0.1, -0.05) is 6.07 Å². The Labute approximate surface area is 87.5 Å². The summed E-state index contributed by atoms with van der Waals surface area (Å²) in [7, 11) is 0. The van der Waals surface area contributed by atoms with Gasteiger partial charge in [-0.05, 0) is 37.5 Å². The van der Waals surface area contributed by atoms with Crippen molar-refractivity contribution < 1.29 is 9.18 Å². The van der Waals surface area contributed by atoms with Crippen LogP contribution in [0.1, 0.15) is 18.4 Å². The van der Waals surface area contributed by atoms with Gasteiger partial charge in [0.2, 0.25) is 5.91 Å². The third-order valence-corrected chi connectivity index (χ3v) is 2.61.